The molecule has 27 heavy (non-hydrogen) atoms. The third-order valence-corrected chi connectivity index (χ3v) is 6.07. The fraction of sp³-hybridized carbons (Fsp3) is 0.444. The number of carbonyl (C=O) groups is 2. The molecule has 0 aliphatic carbocycles. The van der Waals surface area contributed by atoms with E-state index in [2.05, 4.69) is 0 Å². The Kier molecular flexibility index (Phi) is 6.84. The molecule has 0 aromatic heterocycles. The van der Waals surface area contributed by atoms with Crippen molar-refractivity contribution in [3.05, 3.63) is 29.8 Å². The second-order valence-electron chi connectivity index (χ2n) is 6.09. The smallest absolute Gasteiger partial charge is 0.331 e. The van der Waals surface area contributed by atoms with Gasteiger partial charge >= 0.3 is 5.97 Å². The van der Waals surface area contributed by atoms with E-state index in [1.807, 2.05) is 0 Å². The van der Waals surface area contributed by atoms with Gasteiger partial charge in [0, 0.05) is 24.7 Å². The van der Waals surface area contributed by atoms with E-state index >= 15 is 0 Å². The number of likely N-dealkylation sites (N-methyl/N-ethyl adjacent to an activating group) is 1. The molecule has 8 nitrogen and oxygen atoms in total. The Morgan fingerprint density at radius 1 is 1.26 bits per heavy atom. The number of ether oxygens (including phenoxy) is 3. The lowest BCUT2D eigenvalue weighted by Gasteiger charge is -2.22. The molecule has 1 fully saturated rings. The standard InChI is InChI=1S/C18H23NO7S/c1-19(14-9-10-27(22,23)12-14)16(20)11-26-17(21)8-7-13-5-4-6-15(24-2)18(13)25-3/h4-8,14H,9-12H2,1-3H3/b8-7+. The van der Waals surface area contributed by atoms with Gasteiger partial charge in [-0.05, 0) is 18.6 Å². The van der Waals surface area contributed by atoms with Crippen molar-refractivity contribution in [2.75, 3.05) is 39.4 Å². The molecule has 148 valence electrons. The molecule has 0 N–H and O–H groups in total. The van der Waals surface area contributed by atoms with Crippen molar-refractivity contribution in [3.8, 4) is 11.5 Å². The number of esters is 1. The summed E-state index contributed by atoms with van der Waals surface area (Å²) in [6.45, 7) is -0.453. The average Bonchev–Trinajstić information content (AvgIpc) is 3.02. The quantitative estimate of drug-likeness (QED) is 0.498. The maximum Gasteiger partial charge on any atom is 0.331 e. The van der Waals surface area contributed by atoms with E-state index in [0.29, 0.717) is 23.5 Å². The molecule has 1 aromatic carbocycles. The SMILES string of the molecule is COc1cccc(/C=C/C(=O)OCC(=O)N(C)C2CCS(=O)(=O)C2)c1OC. The molecule has 0 spiro atoms. The first kappa shape index (κ1) is 20.8. The number of benzene rings is 1. The molecule has 0 bridgehead atoms. The second kappa shape index (κ2) is 8.90. The monoisotopic (exact) mass is 397 g/mol. The summed E-state index contributed by atoms with van der Waals surface area (Å²) >= 11 is 0. The Bertz CT molecular complexity index is 832. The van der Waals surface area contributed by atoms with Gasteiger partial charge in [0.15, 0.2) is 27.9 Å². The van der Waals surface area contributed by atoms with Crippen LogP contribution in [0.3, 0.4) is 0 Å². The molecule has 1 saturated heterocycles. The summed E-state index contributed by atoms with van der Waals surface area (Å²) < 4.78 is 38.4. The first-order valence-electron chi connectivity index (χ1n) is 8.29. The van der Waals surface area contributed by atoms with Crippen LogP contribution in [0.1, 0.15) is 12.0 Å². The lowest BCUT2D eigenvalue weighted by molar-refractivity contribution is -0.148. The first-order valence-corrected chi connectivity index (χ1v) is 10.1. The van der Waals surface area contributed by atoms with Gasteiger partial charge in [0.05, 0.1) is 25.7 Å². The van der Waals surface area contributed by atoms with Gasteiger partial charge in [-0.1, -0.05) is 12.1 Å². The Labute approximate surface area is 158 Å². The number of hydrogen-bond acceptors (Lipinski definition) is 7. The summed E-state index contributed by atoms with van der Waals surface area (Å²) in [5.41, 5.74) is 0.619. The third kappa shape index (κ3) is 5.46. The highest BCUT2D eigenvalue weighted by Crippen LogP contribution is 2.31. The molecular formula is C18H23NO7S. The molecule has 1 aliphatic rings. The van der Waals surface area contributed by atoms with Crippen LogP contribution in [0, 0.1) is 0 Å². The topological polar surface area (TPSA) is 99.2 Å². The highest BCUT2D eigenvalue weighted by atomic mass is 32.2. The molecule has 0 saturated carbocycles. The van der Waals surface area contributed by atoms with Crippen LogP contribution in [0.5, 0.6) is 11.5 Å². The fourth-order valence-corrected chi connectivity index (χ4v) is 4.54. The predicted molar refractivity (Wildman–Crippen MR) is 99.4 cm³/mol. The average molecular weight is 397 g/mol. The van der Waals surface area contributed by atoms with Crippen molar-refractivity contribution in [1.82, 2.24) is 4.90 Å². The number of methoxy groups -OCH3 is 2. The largest absolute Gasteiger partial charge is 0.493 e. The summed E-state index contributed by atoms with van der Waals surface area (Å²) in [6.07, 6.45) is 3.08. The molecule has 1 aliphatic heterocycles. The van der Waals surface area contributed by atoms with Gasteiger partial charge in [-0.2, -0.15) is 0 Å². The van der Waals surface area contributed by atoms with E-state index in [9.17, 15) is 18.0 Å². The minimum atomic E-state index is -3.09. The Morgan fingerprint density at radius 3 is 2.59 bits per heavy atom. The van der Waals surface area contributed by atoms with Crippen molar-refractivity contribution in [1.29, 1.82) is 0 Å². The lowest BCUT2D eigenvalue weighted by Crippen LogP contribution is -2.40. The summed E-state index contributed by atoms with van der Waals surface area (Å²) in [4.78, 5) is 25.3. The van der Waals surface area contributed by atoms with Crippen LogP contribution in [0.2, 0.25) is 0 Å². The first-order chi connectivity index (χ1) is 12.8. The molecule has 9 heteroatoms. The zero-order valence-corrected chi connectivity index (χ0v) is 16.3. The minimum absolute atomic E-state index is 0.0568. The van der Waals surface area contributed by atoms with E-state index in [1.165, 1.54) is 38.3 Å². The highest BCUT2D eigenvalue weighted by molar-refractivity contribution is 7.91. The van der Waals surface area contributed by atoms with Gasteiger partial charge in [0.1, 0.15) is 0 Å². The zero-order chi connectivity index (χ0) is 20.0. The molecule has 1 unspecified atom stereocenters. The second-order valence-corrected chi connectivity index (χ2v) is 8.31. The van der Waals surface area contributed by atoms with Gasteiger partial charge in [-0.15, -0.1) is 0 Å². The molecule has 2 rings (SSSR count). The van der Waals surface area contributed by atoms with E-state index in [1.54, 1.807) is 18.2 Å². The molecular weight excluding hydrogens is 374 g/mol. The predicted octanol–water partition coefficient (Wildman–Crippen LogP) is 0.906. The minimum Gasteiger partial charge on any atom is -0.493 e. The maximum atomic E-state index is 12.1. The summed E-state index contributed by atoms with van der Waals surface area (Å²) in [6, 6.07) is 4.84. The number of carbonyl (C=O) groups excluding carboxylic acids is 2. The van der Waals surface area contributed by atoms with Gasteiger partial charge in [0.25, 0.3) is 5.91 Å². The number of para-hydroxylation sites is 1. The van der Waals surface area contributed by atoms with Crippen LogP contribution in [0.15, 0.2) is 24.3 Å². The fourth-order valence-electron chi connectivity index (χ4n) is 2.77. The number of amides is 1. The summed E-state index contributed by atoms with van der Waals surface area (Å²) in [7, 11) is 1.42. The number of hydrogen-bond donors (Lipinski definition) is 0. The third-order valence-electron chi connectivity index (χ3n) is 4.32. The van der Waals surface area contributed by atoms with Crippen LogP contribution in [-0.2, 0) is 24.2 Å². The zero-order valence-electron chi connectivity index (χ0n) is 15.5. The molecule has 0 radical (unpaired) electrons. The number of sulfone groups is 1. The number of rotatable bonds is 7. The van der Waals surface area contributed by atoms with Crippen LogP contribution in [0.25, 0.3) is 6.08 Å². The molecule has 1 atom stereocenters. The van der Waals surface area contributed by atoms with E-state index in [0.717, 1.165) is 0 Å². The van der Waals surface area contributed by atoms with Crippen LogP contribution < -0.4 is 9.47 Å². The van der Waals surface area contributed by atoms with E-state index in [4.69, 9.17) is 14.2 Å². The highest BCUT2D eigenvalue weighted by Gasteiger charge is 2.32. The van der Waals surface area contributed by atoms with Crippen LogP contribution >= 0.6 is 0 Å². The lowest BCUT2D eigenvalue weighted by atomic mass is 10.1. The van der Waals surface area contributed by atoms with Crippen molar-refractivity contribution in [2.24, 2.45) is 0 Å². The van der Waals surface area contributed by atoms with Gasteiger partial charge in [-0.3, -0.25) is 4.79 Å². The van der Waals surface area contributed by atoms with Crippen molar-refractivity contribution >= 4 is 27.8 Å². The Hall–Kier alpha value is -2.55. The Balaban J connectivity index is 1.91. The van der Waals surface area contributed by atoms with Crippen LogP contribution in [0.4, 0.5) is 0 Å². The molecule has 1 heterocycles. The van der Waals surface area contributed by atoms with Gasteiger partial charge in [0.2, 0.25) is 0 Å². The molecule has 1 amide bonds. The maximum absolute atomic E-state index is 12.1. The van der Waals surface area contributed by atoms with Gasteiger partial charge < -0.3 is 19.1 Å². The van der Waals surface area contributed by atoms with Crippen molar-refractivity contribution in [2.45, 2.75) is 12.5 Å². The number of nitrogens with zero attached hydrogens (tertiary/aromatic N) is 1. The molecule has 1 aromatic rings. The van der Waals surface area contributed by atoms with Gasteiger partial charge in [-0.25, -0.2) is 13.2 Å². The van der Waals surface area contributed by atoms with E-state index in [-0.39, 0.29) is 17.5 Å². The van der Waals surface area contributed by atoms with E-state index < -0.39 is 28.3 Å². The summed E-state index contributed by atoms with van der Waals surface area (Å²) in [5.74, 6) is -0.129. The van der Waals surface area contributed by atoms with Crippen LogP contribution in [-0.4, -0.2) is 70.6 Å². The Morgan fingerprint density at radius 2 is 2.00 bits per heavy atom. The normalized spacial score (nSPS) is 18.3. The van der Waals surface area contributed by atoms with Crippen molar-refractivity contribution in [3.63, 3.8) is 0 Å². The summed E-state index contributed by atoms with van der Waals surface area (Å²) in [5, 5.41) is 0. The van der Waals surface area contributed by atoms with Crippen molar-refractivity contribution < 1.29 is 32.2 Å².